The molecular weight excluding hydrogens is 284 g/mol. The number of benzene rings is 1. The maximum Gasteiger partial charge on any atom is 0.253 e. The van der Waals surface area contributed by atoms with Crippen LogP contribution >= 0.6 is 11.8 Å². The number of thioether (sulfide) groups is 1. The monoisotopic (exact) mass is 304 g/mol. The first kappa shape index (κ1) is 14.4. The molecule has 1 atom stereocenters. The van der Waals surface area contributed by atoms with Crippen LogP contribution in [0.3, 0.4) is 0 Å². The first-order chi connectivity index (χ1) is 10.3. The minimum Gasteiger partial charge on any atom is -0.338 e. The lowest BCUT2D eigenvalue weighted by Gasteiger charge is -2.24. The number of hydrogen-bond acceptors (Lipinski definition) is 4. The molecule has 0 aliphatic carbocycles. The molecule has 3 rings (SSSR count). The number of amides is 1. The van der Waals surface area contributed by atoms with Crippen molar-refractivity contribution in [1.29, 1.82) is 0 Å². The lowest BCUT2D eigenvalue weighted by molar-refractivity contribution is 0.0763. The molecule has 1 saturated heterocycles. The highest BCUT2D eigenvalue weighted by atomic mass is 32.2. The van der Waals surface area contributed by atoms with E-state index in [1.807, 2.05) is 34.9 Å². The van der Waals surface area contributed by atoms with Crippen molar-refractivity contribution in [3.05, 3.63) is 23.8 Å². The summed E-state index contributed by atoms with van der Waals surface area (Å²) in [6, 6.07) is 5.52. The molecule has 2 aromatic rings. The fraction of sp³-hybridized carbons (Fsp3) is 0.533. The second-order valence-electron chi connectivity index (χ2n) is 5.35. The van der Waals surface area contributed by atoms with Crippen LogP contribution in [0, 0.1) is 0 Å². The predicted molar refractivity (Wildman–Crippen MR) is 85.6 cm³/mol. The number of nitrogens with zero attached hydrogens (tertiary/aromatic N) is 3. The topological polar surface area (TPSA) is 61.9 Å². The highest BCUT2D eigenvalue weighted by molar-refractivity contribution is 7.99. The molecule has 0 radical (unpaired) electrons. The number of carbonyl (C=O) groups excluding carboxylic acids is 1. The van der Waals surface area contributed by atoms with Crippen LogP contribution in [-0.4, -0.2) is 50.3 Å². The van der Waals surface area contributed by atoms with Crippen molar-refractivity contribution in [2.45, 2.75) is 31.4 Å². The van der Waals surface area contributed by atoms with E-state index in [-0.39, 0.29) is 5.91 Å². The zero-order valence-corrected chi connectivity index (χ0v) is 13.0. The van der Waals surface area contributed by atoms with Crippen molar-refractivity contribution >= 4 is 28.7 Å². The van der Waals surface area contributed by atoms with E-state index in [0.29, 0.717) is 10.8 Å². The molecule has 1 aromatic heterocycles. The highest BCUT2D eigenvalue weighted by Gasteiger charge is 2.23. The van der Waals surface area contributed by atoms with E-state index in [4.69, 9.17) is 0 Å². The summed E-state index contributed by atoms with van der Waals surface area (Å²) >= 11 is 1.96. The van der Waals surface area contributed by atoms with E-state index in [9.17, 15) is 4.79 Å². The van der Waals surface area contributed by atoms with Crippen LogP contribution in [-0.2, 0) is 0 Å². The van der Waals surface area contributed by atoms with E-state index in [1.54, 1.807) is 0 Å². The minimum absolute atomic E-state index is 0.114. The second-order valence-corrected chi connectivity index (χ2v) is 6.93. The molecule has 21 heavy (non-hydrogen) atoms. The van der Waals surface area contributed by atoms with Gasteiger partial charge in [0.2, 0.25) is 0 Å². The van der Waals surface area contributed by atoms with Gasteiger partial charge in [0.15, 0.2) is 0 Å². The largest absolute Gasteiger partial charge is 0.338 e. The molecule has 1 aromatic carbocycles. The Labute approximate surface area is 128 Å². The Hall–Kier alpha value is -1.56. The molecule has 1 amide bonds. The number of hydrogen-bond donors (Lipinski definition) is 1. The first-order valence-corrected chi connectivity index (χ1v) is 8.54. The van der Waals surface area contributed by atoms with Gasteiger partial charge in [0.05, 0.1) is 0 Å². The van der Waals surface area contributed by atoms with Crippen LogP contribution in [0.5, 0.6) is 0 Å². The van der Waals surface area contributed by atoms with E-state index >= 15 is 0 Å². The summed E-state index contributed by atoms with van der Waals surface area (Å²) in [7, 11) is 0. The maximum atomic E-state index is 12.7. The number of carbonyl (C=O) groups is 1. The summed E-state index contributed by atoms with van der Waals surface area (Å²) in [6.45, 7) is 3.89. The van der Waals surface area contributed by atoms with Gasteiger partial charge in [-0.2, -0.15) is 27.2 Å². The van der Waals surface area contributed by atoms with Crippen LogP contribution in [0.25, 0.3) is 11.0 Å². The Morgan fingerprint density at radius 1 is 1.38 bits per heavy atom. The van der Waals surface area contributed by atoms with Gasteiger partial charge in [-0.1, -0.05) is 13.3 Å². The maximum absolute atomic E-state index is 12.7. The van der Waals surface area contributed by atoms with Crippen LogP contribution in [0.1, 0.15) is 36.5 Å². The quantitative estimate of drug-likeness (QED) is 0.947. The van der Waals surface area contributed by atoms with Crippen LogP contribution in [0.2, 0.25) is 0 Å². The van der Waals surface area contributed by atoms with Gasteiger partial charge in [0, 0.05) is 23.9 Å². The van der Waals surface area contributed by atoms with Crippen LogP contribution in [0.4, 0.5) is 0 Å². The van der Waals surface area contributed by atoms with Gasteiger partial charge in [0.1, 0.15) is 11.0 Å². The number of aromatic nitrogens is 3. The number of likely N-dealkylation sites (tertiary alicyclic amines) is 1. The smallest absolute Gasteiger partial charge is 0.253 e. The fourth-order valence-electron chi connectivity index (χ4n) is 2.82. The molecule has 0 spiro atoms. The highest BCUT2D eigenvalue weighted by Crippen LogP contribution is 2.23. The number of rotatable bonds is 3. The van der Waals surface area contributed by atoms with Crippen molar-refractivity contribution in [1.82, 2.24) is 20.3 Å². The minimum atomic E-state index is 0.114. The number of H-pyrrole nitrogens is 1. The molecule has 6 heteroatoms. The Kier molecular flexibility index (Phi) is 4.43. The Bertz CT molecular complexity index is 627. The molecule has 1 fully saturated rings. The lowest BCUT2D eigenvalue weighted by Crippen LogP contribution is -2.35. The van der Waals surface area contributed by atoms with Gasteiger partial charge in [-0.15, -0.1) is 0 Å². The molecule has 5 nitrogen and oxygen atoms in total. The Morgan fingerprint density at radius 3 is 3.10 bits per heavy atom. The molecule has 0 bridgehead atoms. The zero-order chi connectivity index (χ0) is 14.7. The van der Waals surface area contributed by atoms with Gasteiger partial charge in [0.25, 0.3) is 5.91 Å². The summed E-state index contributed by atoms with van der Waals surface area (Å²) in [5.74, 6) is 1.22. The van der Waals surface area contributed by atoms with Crippen molar-refractivity contribution in [3.63, 3.8) is 0 Å². The lowest BCUT2D eigenvalue weighted by atomic mass is 10.1. The Balaban J connectivity index is 1.78. The van der Waals surface area contributed by atoms with E-state index < -0.39 is 0 Å². The molecule has 1 N–H and O–H groups in total. The van der Waals surface area contributed by atoms with Gasteiger partial charge in [-0.25, -0.2) is 0 Å². The third-order valence-electron chi connectivity index (χ3n) is 3.88. The normalized spacial score (nSPS) is 19.7. The molecule has 1 aliphatic heterocycles. The zero-order valence-electron chi connectivity index (χ0n) is 12.2. The summed E-state index contributed by atoms with van der Waals surface area (Å²) in [5, 5.41) is 11.2. The number of fused-ring (bicyclic) bond motifs is 1. The van der Waals surface area contributed by atoms with Crippen molar-refractivity contribution in [2.24, 2.45) is 0 Å². The third-order valence-corrected chi connectivity index (χ3v) is 5.07. The van der Waals surface area contributed by atoms with Crippen LogP contribution in [0.15, 0.2) is 18.2 Å². The summed E-state index contributed by atoms with van der Waals surface area (Å²) in [4.78, 5) is 14.7. The van der Waals surface area contributed by atoms with E-state index in [0.717, 1.165) is 36.3 Å². The summed E-state index contributed by atoms with van der Waals surface area (Å²) < 4.78 is 0. The predicted octanol–water partition coefficient (Wildman–Crippen LogP) is 2.71. The average Bonchev–Trinajstić information content (AvgIpc) is 2.84. The summed E-state index contributed by atoms with van der Waals surface area (Å²) in [6.07, 6.45) is 3.52. The third kappa shape index (κ3) is 3.20. The van der Waals surface area contributed by atoms with Gasteiger partial charge >= 0.3 is 0 Å². The van der Waals surface area contributed by atoms with Gasteiger partial charge in [-0.3, -0.25) is 4.79 Å². The second kappa shape index (κ2) is 6.47. The fourth-order valence-corrected chi connectivity index (χ4v) is 3.91. The Morgan fingerprint density at radius 2 is 2.24 bits per heavy atom. The van der Waals surface area contributed by atoms with E-state index in [2.05, 4.69) is 22.3 Å². The molecule has 2 heterocycles. The number of aromatic amines is 1. The van der Waals surface area contributed by atoms with Gasteiger partial charge in [-0.05, 0) is 36.8 Å². The number of nitrogens with one attached hydrogen (secondary N) is 1. The molecular formula is C15H20N4OS. The van der Waals surface area contributed by atoms with Crippen LogP contribution < -0.4 is 0 Å². The summed E-state index contributed by atoms with van der Waals surface area (Å²) in [5.41, 5.74) is 2.25. The first-order valence-electron chi connectivity index (χ1n) is 7.49. The van der Waals surface area contributed by atoms with Crippen molar-refractivity contribution < 1.29 is 4.79 Å². The SMILES string of the molecule is CCS[C@@H]1CCCCN(C(=O)c2ccc3n[nH]nc3c2)C1. The average molecular weight is 304 g/mol. The van der Waals surface area contributed by atoms with E-state index in [1.165, 1.54) is 12.8 Å². The molecule has 1 aliphatic rings. The van der Waals surface area contributed by atoms with Gasteiger partial charge < -0.3 is 4.90 Å². The molecule has 0 unspecified atom stereocenters. The molecule has 0 saturated carbocycles. The van der Waals surface area contributed by atoms with Crippen molar-refractivity contribution in [3.8, 4) is 0 Å². The molecule has 112 valence electrons. The van der Waals surface area contributed by atoms with Crippen molar-refractivity contribution in [2.75, 3.05) is 18.8 Å². The standard InChI is InChI=1S/C15H20N4OS/c1-2-21-12-5-3-4-8-19(10-12)15(20)11-6-7-13-14(9-11)17-18-16-13/h6-7,9,12H,2-5,8,10H2,1H3,(H,16,17,18)/t12-/m1/s1.